The summed E-state index contributed by atoms with van der Waals surface area (Å²) in [5, 5.41) is 0. The summed E-state index contributed by atoms with van der Waals surface area (Å²) in [6, 6.07) is 8.03. The molecule has 0 N–H and O–H groups in total. The molecule has 0 spiro atoms. The van der Waals surface area contributed by atoms with Crippen LogP contribution in [0.4, 0.5) is 0 Å². The van der Waals surface area contributed by atoms with Crippen LogP contribution in [0.3, 0.4) is 0 Å². The van der Waals surface area contributed by atoms with Crippen molar-refractivity contribution in [1.82, 2.24) is 4.90 Å². The van der Waals surface area contributed by atoms with Crippen LogP contribution in [-0.2, 0) is 24.5 Å². The topological polar surface area (TPSA) is 55.8 Å². The zero-order chi connectivity index (χ0) is 22.6. The molecule has 5 atom stereocenters. The first-order chi connectivity index (χ1) is 15.2. The van der Waals surface area contributed by atoms with Gasteiger partial charge in [0.25, 0.3) is 5.91 Å². The van der Waals surface area contributed by atoms with E-state index in [-0.39, 0.29) is 41.3 Å². The Morgan fingerprint density at radius 3 is 2.47 bits per heavy atom. The van der Waals surface area contributed by atoms with Gasteiger partial charge in [-0.25, -0.2) is 0 Å². The highest BCUT2D eigenvalue weighted by molar-refractivity contribution is 6.11. The summed E-state index contributed by atoms with van der Waals surface area (Å²) >= 11 is 0. The van der Waals surface area contributed by atoms with Gasteiger partial charge in [0.1, 0.15) is 6.10 Å². The zero-order valence-corrected chi connectivity index (χ0v) is 19.7. The number of nitrogens with zero attached hydrogens (tertiary/aromatic N) is 1. The molecule has 172 valence electrons. The third-order valence-corrected chi connectivity index (χ3v) is 7.72. The number of carbonyl (C=O) groups is 2. The van der Waals surface area contributed by atoms with Crippen molar-refractivity contribution in [3.05, 3.63) is 46.7 Å². The number of rotatable bonds is 3. The summed E-state index contributed by atoms with van der Waals surface area (Å²) < 4.78 is 12.2. The van der Waals surface area contributed by atoms with Crippen molar-refractivity contribution in [3.63, 3.8) is 0 Å². The van der Waals surface area contributed by atoms with E-state index in [1.165, 1.54) is 5.56 Å². The molecule has 1 aromatic rings. The third kappa shape index (κ3) is 3.68. The molecule has 5 nitrogen and oxygen atoms in total. The first-order valence-electron chi connectivity index (χ1n) is 12.2. The molecule has 0 radical (unpaired) electrons. The minimum atomic E-state index is -0.388. The second kappa shape index (κ2) is 8.02. The molecule has 1 saturated heterocycles. The Morgan fingerprint density at radius 2 is 1.81 bits per heavy atom. The van der Waals surface area contributed by atoms with Gasteiger partial charge < -0.3 is 14.4 Å². The molecule has 3 aliphatic heterocycles. The minimum Gasteiger partial charge on any atom is -0.483 e. The fraction of sp³-hybridized carbons (Fsp3) is 0.630. The molecule has 32 heavy (non-hydrogen) atoms. The second-order valence-corrected chi connectivity index (χ2v) is 11.2. The Hall–Kier alpha value is -2.14. The molecule has 1 amide bonds. The van der Waals surface area contributed by atoms with E-state index in [1.807, 2.05) is 4.90 Å². The summed E-state index contributed by atoms with van der Waals surface area (Å²) in [5.41, 5.74) is 2.83. The summed E-state index contributed by atoms with van der Waals surface area (Å²) in [4.78, 5) is 29.2. The fourth-order valence-corrected chi connectivity index (χ4v) is 5.83. The van der Waals surface area contributed by atoms with Gasteiger partial charge in [-0.2, -0.15) is 0 Å². The molecule has 4 aliphatic rings. The highest BCUT2D eigenvalue weighted by Crippen LogP contribution is 2.48. The number of amides is 1. The lowest BCUT2D eigenvalue weighted by atomic mass is 9.74. The van der Waals surface area contributed by atoms with Gasteiger partial charge in [0.15, 0.2) is 11.5 Å². The van der Waals surface area contributed by atoms with Crippen LogP contribution in [0.1, 0.15) is 77.0 Å². The predicted molar refractivity (Wildman–Crippen MR) is 122 cm³/mol. The molecular weight excluding hydrogens is 402 g/mol. The van der Waals surface area contributed by atoms with Gasteiger partial charge in [-0.05, 0) is 54.6 Å². The van der Waals surface area contributed by atoms with Gasteiger partial charge in [-0.15, -0.1) is 0 Å². The van der Waals surface area contributed by atoms with E-state index in [0.29, 0.717) is 23.8 Å². The molecule has 1 aliphatic carbocycles. The standard InChI is InChI=1S/C27H35NO4/c1-16-7-12-21-20(14-16)24(29)22-23(17-8-10-18(11-9-17)27(2,3)4)28(26(30)25(22)32-21)15-19-6-5-13-31-19/h8-11,16,19-21,23H,5-7,12-15H2,1-4H3. The van der Waals surface area contributed by atoms with E-state index >= 15 is 0 Å². The number of hydrogen-bond donors (Lipinski definition) is 0. The lowest BCUT2D eigenvalue weighted by molar-refractivity contribution is -0.136. The van der Waals surface area contributed by atoms with E-state index in [2.05, 4.69) is 52.0 Å². The van der Waals surface area contributed by atoms with Gasteiger partial charge in [0, 0.05) is 13.2 Å². The highest BCUT2D eigenvalue weighted by atomic mass is 16.5. The van der Waals surface area contributed by atoms with E-state index < -0.39 is 0 Å². The minimum absolute atomic E-state index is 0.0223. The van der Waals surface area contributed by atoms with Crippen LogP contribution in [0.2, 0.25) is 0 Å². The number of carbonyl (C=O) groups excluding carboxylic acids is 2. The molecule has 1 aromatic carbocycles. The number of hydrogen-bond acceptors (Lipinski definition) is 4. The number of Topliss-reactive ketones (excluding diaryl/α,β-unsaturated/α-hetero) is 1. The van der Waals surface area contributed by atoms with Gasteiger partial charge in [0.05, 0.1) is 23.6 Å². The van der Waals surface area contributed by atoms with E-state index in [0.717, 1.165) is 44.3 Å². The lowest BCUT2D eigenvalue weighted by Gasteiger charge is -2.37. The molecule has 5 rings (SSSR count). The monoisotopic (exact) mass is 437 g/mol. The van der Waals surface area contributed by atoms with Gasteiger partial charge in [-0.1, -0.05) is 52.0 Å². The number of ketones is 1. The molecule has 0 bridgehead atoms. The number of ether oxygens (including phenoxy) is 2. The second-order valence-electron chi connectivity index (χ2n) is 11.2. The first-order valence-corrected chi connectivity index (χ1v) is 12.2. The molecule has 2 fully saturated rings. The molecule has 3 heterocycles. The molecular formula is C27H35NO4. The van der Waals surface area contributed by atoms with Crippen LogP contribution in [0.5, 0.6) is 0 Å². The van der Waals surface area contributed by atoms with Crippen molar-refractivity contribution in [2.24, 2.45) is 11.8 Å². The maximum atomic E-state index is 13.8. The Morgan fingerprint density at radius 1 is 1.06 bits per heavy atom. The van der Waals surface area contributed by atoms with Crippen molar-refractivity contribution in [3.8, 4) is 0 Å². The van der Waals surface area contributed by atoms with Gasteiger partial charge in [-0.3, -0.25) is 9.59 Å². The Kier molecular flexibility index (Phi) is 5.43. The Balaban J connectivity index is 1.54. The largest absolute Gasteiger partial charge is 0.483 e. The Labute approximate surface area is 191 Å². The zero-order valence-electron chi connectivity index (χ0n) is 19.7. The predicted octanol–water partition coefficient (Wildman–Crippen LogP) is 4.70. The van der Waals surface area contributed by atoms with Crippen LogP contribution < -0.4 is 0 Å². The van der Waals surface area contributed by atoms with Crippen LogP contribution in [-0.4, -0.2) is 41.9 Å². The van der Waals surface area contributed by atoms with Gasteiger partial charge >= 0.3 is 0 Å². The quantitative estimate of drug-likeness (QED) is 0.688. The SMILES string of the molecule is CC1CCC2OC3=C(C(=O)C2C1)C(c1ccc(C(C)(C)C)cc1)N(CC1CCCO1)C3=O. The van der Waals surface area contributed by atoms with Crippen LogP contribution >= 0.6 is 0 Å². The summed E-state index contributed by atoms with van der Waals surface area (Å²) in [6.45, 7) is 10.0. The molecule has 1 saturated carbocycles. The average Bonchev–Trinajstić information content (AvgIpc) is 3.36. The summed E-state index contributed by atoms with van der Waals surface area (Å²) in [7, 11) is 0. The van der Waals surface area contributed by atoms with E-state index in [4.69, 9.17) is 9.47 Å². The van der Waals surface area contributed by atoms with Crippen molar-refractivity contribution >= 4 is 11.7 Å². The summed E-state index contributed by atoms with van der Waals surface area (Å²) in [5.74, 6) is 0.648. The van der Waals surface area contributed by atoms with Gasteiger partial charge in [0.2, 0.25) is 0 Å². The van der Waals surface area contributed by atoms with Crippen molar-refractivity contribution in [2.75, 3.05) is 13.2 Å². The maximum Gasteiger partial charge on any atom is 0.290 e. The number of fused-ring (bicyclic) bond motifs is 1. The van der Waals surface area contributed by atoms with Crippen molar-refractivity contribution < 1.29 is 19.1 Å². The Bertz CT molecular complexity index is 935. The molecule has 5 unspecified atom stereocenters. The summed E-state index contributed by atoms with van der Waals surface area (Å²) in [6.07, 6.45) is 4.56. The number of benzene rings is 1. The van der Waals surface area contributed by atoms with Crippen molar-refractivity contribution in [1.29, 1.82) is 0 Å². The van der Waals surface area contributed by atoms with Crippen LogP contribution in [0.15, 0.2) is 35.6 Å². The van der Waals surface area contributed by atoms with Crippen LogP contribution in [0, 0.1) is 11.8 Å². The maximum absolute atomic E-state index is 13.8. The molecule has 0 aromatic heterocycles. The van der Waals surface area contributed by atoms with E-state index in [9.17, 15) is 9.59 Å². The fourth-order valence-electron chi connectivity index (χ4n) is 5.83. The molecule has 5 heteroatoms. The van der Waals surface area contributed by atoms with Crippen molar-refractivity contribution in [2.45, 2.75) is 83.5 Å². The van der Waals surface area contributed by atoms with Crippen LogP contribution in [0.25, 0.3) is 0 Å². The highest BCUT2D eigenvalue weighted by Gasteiger charge is 2.52. The average molecular weight is 438 g/mol. The first kappa shape index (κ1) is 21.7. The lowest BCUT2D eigenvalue weighted by Crippen LogP contribution is -2.41. The third-order valence-electron chi connectivity index (χ3n) is 7.72. The smallest absolute Gasteiger partial charge is 0.290 e. The van der Waals surface area contributed by atoms with E-state index in [1.54, 1.807) is 0 Å². The normalized spacial score (nSPS) is 32.8.